The molecule has 1 fully saturated rings. The van der Waals surface area contributed by atoms with Gasteiger partial charge in [0.25, 0.3) is 0 Å². The van der Waals surface area contributed by atoms with Gasteiger partial charge < -0.3 is 24.3 Å². The summed E-state index contributed by atoms with van der Waals surface area (Å²) in [7, 11) is 0. The van der Waals surface area contributed by atoms with Gasteiger partial charge in [0.2, 0.25) is 5.91 Å². The summed E-state index contributed by atoms with van der Waals surface area (Å²) in [5, 5.41) is 12.7. The van der Waals surface area contributed by atoms with Crippen molar-refractivity contribution in [3.8, 4) is 11.5 Å². The molecule has 0 aromatic heterocycles. The molecule has 2 atom stereocenters. The Labute approximate surface area is 167 Å². The van der Waals surface area contributed by atoms with E-state index in [-0.39, 0.29) is 25.2 Å². The highest BCUT2D eigenvalue weighted by Crippen LogP contribution is 2.54. The fourth-order valence-electron chi connectivity index (χ4n) is 5.03. The quantitative estimate of drug-likeness (QED) is 0.627. The largest absolute Gasteiger partial charge is 0.491 e. The Morgan fingerprint density at radius 1 is 1.17 bits per heavy atom. The molecule has 148 valence electrons. The highest BCUT2D eigenvalue weighted by molar-refractivity contribution is 6.13. The Kier molecular flexibility index (Phi) is 3.47. The van der Waals surface area contributed by atoms with Gasteiger partial charge >= 0.3 is 0 Å². The molecule has 6 rings (SSSR count). The van der Waals surface area contributed by atoms with Crippen molar-refractivity contribution in [2.45, 2.75) is 24.4 Å². The molecule has 4 heterocycles. The zero-order valence-electron chi connectivity index (χ0n) is 15.8. The van der Waals surface area contributed by atoms with Crippen LogP contribution in [0.2, 0.25) is 0 Å². The number of para-hydroxylation sites is 1. The molecule has 1 N–H and O–H groups in total. The molecule has 1 amide bonds. The zero-order chi connectivity index (χ0) is 19.6. The van der Waals surface area contributed by atoms with E-state index in [1.165, 1.54) is 0 Å². The minimum absolute atomic E-state index is 0.00861. The average Bonchev–Trinajstić information content (AvgIpc) is 3.51. The van der Waals surface area contributed by atoms with Gasteiger partial charge in [-0.3, -0.25) is 4.79 Å². The summed E-state index contributed by atoms with van der Waals surface area (Å²) < 4.78 is 17.4. The number of benzene rings is 2. The summed E-state index contributed by atoms with van der Waals surface area (Å²) in [5.41, 5.74) is 2.93. The lowest BCUT2D eigenvalue weighted by Crippen LogP contribution is -2.45. The summed E-state index contributed by atoms with van der Waals surface area (Å²) in [4.78, 5) is 15.7. The van der Waals surface area contributed by atoms with Crippen LogP contribution in [0, 0.1) is 0 Å². The molecule has 1 spiro atoms. The molecular formula is C22H20N2O5. The lowest BCUT2D eigenvalue weighted by atomic mass is 9.76. The molecule has 7 nitrogen and oxygen atoms in total. The third-order valence-electron chi connectivity index (χ3n) is 6.46. The van der Waals surface area contributed by atoms with Crippen LogP contribution >= 0.6 is 0 Å². The molecule has 0 bridgehead atoms. The van der Waals surface area contributed by atoms with E-state index in [0.717, 1.165) is 36.3 Å². The monoisotopic (exact) mass is 392 g/mol. The fourth-order valence-corrected chi connectivity index (χ4v) is 5.03. The number of fused-ring (bicyclic) bond motifs is 5. The lowest BCUT2D eigenvalue weighted by molar-refractivity contribution is -0.122. The number of hydrogen-bond acceptors (Lipinski definition) is 6. The van der Waals surface area contributed by atoms with Gasteiger partial charge in [-0.15, -0.1) is 0 Å². The van der Waals surface area contributed by atoms with Crippen molar-refractivity contribution in [1.82, 2.24) is 0 Å². The second kappa shape index (κ2) is 5.97. The van der Waals surface area contributed by atoms with E-state index < -0.39 is 5.41 Å². The number of oxime groups is 1. The molecule has 2 aromatic carbocycles. The van der Waals surface area contributed by atoms with E-state index in [1.54, 1.807) is 6.07 Å². The van der Waals surface area contributed by atoms with Crippen molar-refractivity contribution in [2.75, 3.05) is 31.3 Å². The number of carbonyl (C=O) groups is 1. The van der Waals surface area contributed by atoms with E-state index in [9.17, 15) is 10.0 Å². The zero-order valence-corrected chi connectivity index (χ0v) is 15.8. The first-order chi connectivity index (χ1) is 14.2. The Bertz CT molecular complexity index is 1060. The van der Waals surface area contributed by atoms with Gasteiger partial charge in [0.15, 0.2) is 0 Å². The minimum atomic E-state index is -0.900. The van der Waals surface area contributed by atoms with Crippen molar-refractivity contribution in [1.29, 1.82) is 0 Å². The number of amides is 1. The highest BCUT2D eigenvalue weighted by Gasteiger charge is 2.57. The summed E-state index contributed by atoms with van der Waals surface area (Å²) in [6.07, 6.45) is 2.05. The molecular weight excluding hydrogens is 372 g/mol. The number of carbonyl (C=O) groups excluding carboxylic acids is 1. The number of rotatable bonds is 2. The lowest BCUT2D eigenvalue weighted by Gasteiger charge is -2.25. The van der Waals surface area contributed by atoms with Gasteiger partial charge in [0, 0.05) is 29.5 Å². The molecule has 4 aliphatic heterocycles. The number of hydrogen-bond donors (Lipinski definition) is 1. The Morgan fingerprint density at radius 3 is 2.90 bits per heavy atom. The summed E-state index contributed by atoms with van der Waals surface area (Å²) in [6, 6.07) is 11.6. The summed E-state index contributed by atoms with van der Waals surface area (Å²) in [6.45, 7) is 1.75. The summed E-state index contributed by atoms with van der Waals surface area (Å²) >= 11 is 0. The first-order valence-corrected chi connectivity index (χ1v) is 9.91. The van der Waals surface area contributed by atoms with Crippen LogP contribution in [0.3, 0.4) is 0 Å². The maximum atomic E-state index is 13.9. The predicted molar refractivity (Wildman–Crippen MR) is 104 cm³/mol. The van der Waals surface area contributed by atoms with Gasteiger partial charge in [0.1, 0.15) is 35.8 Å². The Hall–Kier alpha value is -3.06. The standard InChI is InChI=1S/C22H20N2O5/c25-21-22(12-29-20-9-19-14(8-16(20)22)17(23-26)11-28-19)15-5-1-2-6-18(15)24(21)10-13-4-3-7-27-13/h1-2,5-6,8-9,13,26H,3-4,7,10-12H2/b23-17+/t13-,22?/m1/s1. The van der Waals surface area contributed by atoms with Crippen molar-refractivity contribution in [2.24, 2.45) is 5.16 Å². The maximum Gasteiger partial charge on any atom is 0.245 e. The Balaban J connectivity index is 1.50. The molecule has 2 aromatic rings. The normalized spacial score (nSPS) is 27.9. The molecule has 0 saturated carbocycles. The van der Waals surface area contributed by atoms with E-state index in [0.29, 0.717) is 29.3 Å². The number of nitrogens with zero attached hydrogens (tertiary/aromatic N) is 2. The first kappa shape index (κ1) is 16.9. The van der Waals surface area contributed by atoms with Crippen LogP contribution in [-0.2, 0) is 14.9 Å². The van der Waals surface area contributed by atoms with Crippen LogP contribution in [0.25, 0.3) is 0 Å². The van der Waals surface area contributed by atoms with Gasteiger partial charge in [-0.1, -0.05) is 23.4 Å². The van der Waals surface area contributed by atoms with Crippen molar-refractivity contribution < 1.29 is 24.2 Å². The molecule has 0 aliphatic carbocycles. The SMILES string of the molecule is O=C1N(C[C@H]2CCCO2)c2ccccc2C12COc1cc3c(cc12)/C(=N/O)CO3. The van der Waals surface area contributed by atoms with Crippen molar-refractivity contribution >= 4 is 17.3 Å². The van der Waals surface area contributed by atoms with Crippen molar-refractivity contribution in [3.63, 3.8) is 0 Å². The van der Waals surface area contributed by atoms with E-state index in [2.05, 4.69) is 5.16 Å². The van der Waals surface area contributed by atoms with E-state index in [1.807, 2.05) is 35.2 Å². The van der Waals surface area contributed by atoms with Crippen LogP contribution in [-0.4, -0.2) is 49.3 Å². The first-order valence-electron chi connectivity index (χ1n) is 9.91. The van der Waals surface area contributed by atoms with E-state index in [4.69, 9.17) is 14.2 Å². The second-order valence-corrected chi connectivity index (χ2v) is 7.94. The van der Waals surface area contributed by atoms with Gasteiger partial charge in [-0.2, -0.15) is 0 Å². The van der Waals surface area contributed by atoms with Crippen LogP contribution in [0.1, 0.15) is 29.5 Å². The fraction of sp³-hybridized carbons (Fsp3) is 0.364. The van der Waals surface area contributed by atoms with E-state index >= 15 is 0 Å². The molecule has 7 heteroatoms. The third kappa shape index (κ3) is 2.16. The number of anilines is 1. The molecule has 1 saturated heterocycles. The van der Waals surface area contributed by atoms with Gasteiger partial charge in [-0.05, 0) is 30.5 Å². The van der Waals surface area contributed by atoms with Crippen LogP contribution < -0.4 is 14.4 Å². The predicted octanol–water partition coefficient (Wildman–Crippen LogP) is 2.46. The minimum Gasteiger partial charge on any atom is -0.491 e. The van der Waals surface area contributed by atoms with Crippen molar-refractivity contribution in [3.05, 3.63) is 53.1 Å². The third-order valence-corrected chi connectivity index (χ3v) is 6.46. The van der Waals surface area contributed by atoms with Crippen LogP contribution in [0.15, 0.2) is 41.6 Å². The summed E-state index contributed by atoms with van der Waals surface area (Å²) in [5.74, 6) is 1.27. The molecule has 0 radical (unpaired) electrons. The molecule has 1 unspecified atom stereocenters. The topological polar surface area (TPSA) is 80.6 Å². The highest BCUT2D eigenvalue weighted by atomic mass is 16.5. The van der Waals surface area contributed by atoms with Crippen LogP contribution in [0.5, 0.6) is 11.5 Å². The Morgan fingerprint density at radius 2 is 2.07 bits per heavy atom. The van der Waals surface area contributed by atoms with Gasteiger partial charge in [0.05, 0.1) is 12.6 Å². The molecule has 29 heavy (non-hydrogen) atoms. The molecule has 4 aliphatic rings. The maximum absolute atomic E-state index is 13.9. The van der Waals surface area contributed by atoms with Gasteiger partial charge in [-0.25, -0.2) is 0 Å². The second-order valence-electron chi connectivity index (χ2n) is 7.94. The van der Waals surface area contributed by atoms with Crippen LogP contribution in [0.4, 0.5) is 5.69 Å². The number of ether oxygens (including phenoxy) is 3. The average molecular weight is 392 g/mol. The smallest absolute Gasteiger partial charge is 0.245 e.